The van der Waals surface area contributed by atoms with Gasteiger partial charge < -0.3 is 10.1 Å². The summed E-state index contributed by atoms with van der Waals surface area (Å²) in [5.74, 6) is 0.798. The number of ether oxygens (including phenoxy) is 1. The Hall–Kier alpha value is -1.65. The van der Waals surface area contributed by atoms with Gasteiger partial charge >= 0.3 is 0 Å². The fraction of sp³-hybridized carbons (Fsp3) is 0.312. The van der Waals surface area contributed by atoms with Gasteiger partial charge in [-0.3, -0.25) is 0 Å². The van der Waals surface area contributed by atoms with E-state index in [0.717, 1.165) is 31.5 Å². The van der Waals surface area contributed by atoms with Crippen molar-refractivity contribution in [2.75, 3.05) is 13.1 Å². The molecular formula is C16H18ClFN2O. The van der Waals surface area contributed by atoms with E-state index in [4.69, 9.17) is 4.74 Å². The van der Waals surface area contributed by atoms with Crippen LogP contribution in [0, 0.1) is 5.82 Å². The molecule has 0 atom stereocenters. The molecular weight excluding hydrogens is 291 g/mol. The van der Waals surface area contributed by atoms with Crippen LogP contribution in [0.3, 0.4) is 0 Å². The first-order chi connectivity index (χ1) is 9.84. The number of para-hydroxylation sites is 1. The molecule has 1 aliphatic heterocycles. The van der Waals surface area contributed by atoms with Crippen LogP contribution in [0.2, 0.25) is 0 Å². The highest BCUT2D eigenvalue weighted by Crippen LogP contribution is 2.33. The summed E-state index contributed by atoms with van der Waals surface area (Å²) in [6.45, 7) is 2.00. The molecule has 21 heavy (non-hydrogen) atoms. The predicted octanol–water partition coefficient (Wildman–Crippen LogP) is 3.90. The summed E-state index contributed by atoms with van der Waals surface area (Å²) in [6.07, 6.45) is 3.79. The molecule has 3 nitrogen and oxygen atoms in total. The molecule has 0 radical (unpaired) electrons. The average Bonchev–Trinajstić information content (AvgIpc) is 2.51. The van der Waals surface area contributed by atoms with Gasteiger partial charge in [-0.25, -0.2) is 9.37 Å². The second-order valence-electron chi connectivity index (χ2n) is 4.95. The molecule has 1 fully saturated rings. The largest absolute Gasteiger partial charge is 0.436 e. The summed E-state index contributed by atoms with van der Waals surface area (Å²) in [5, 5.41) is 3.34. The Morgan fingerprint density at radius 1 is 1.10 bits per heavy atom. The van der Waals surface area contributed by atoms with Crippen molar-refractivity contribution in [3.63, 3.8) is 0 Å². The summed E-state index contributed by atoms with van der Waals surface area (Å²) >= 11 is 0. The molecule has 0 saturated carbocycles. The lowest BCUT2D eigenvalue weighted by molar-refractivity contribution is 0.401. The molecule has 1 saturated heterocycles. The molecule has 2 heterocycles. The predicted molar refractivity (Wildman–Crippen MR) is 82.8 cm³/mol. The molecule has 1 N–H and O–H groups in total. The van der Waals surface area contributed by atoms with E-state index in [1.54, 1.807) is 24.4 Å². The first kappa shape index (κ1) is 15.7. The van der Waals surface area contributed by atoms with Gasteiger partial charge in [0.1, 0.15) is 0 Å². The van der Waals surface area contributed by atoms with Crippen molar-refractivity contribution in [3.05, 3.63) is 54.0 Å². The molecule has 0 aliphatic carbocycles. The Bertz CT molecular complexity index is 588. The SMILES string of the molecule is Cl.Fc1ccccc1Oc1ncccc1C1CCNCC1. The van der Waals surface area contributed by atoms with Crippen molar-refractivity contribution >= 4 is 12.4 Å². The highest BCUT2D eigenvalue weighted by molar-refractivity contribution is 5.85. The minimum atomic E-state index is -0.366. The van der Waals surface area contributed by atoms with E-state index in [-0.39, 0.29) is 24.0 Å². The first-order valence-electron chi connectivity index (χ1n) is 6.92. The zero-order valence-electron chi connectivity index (χ0n) is 11.6. The molecule has 0 spiro atoms. The van der Waals surface area contributed by atoms with Crippen LogP contribution in [0.1, 0.15) is 24.3 Å². The first-order valence-corrected chi connectivity index (χ1v) is 6.92. The Balaban J connectivity index is 0.00000161. The van der Waals surface area contributed by atoms with E-state index in [0.29, 0.717) is 11.8 Å². The van der Waals surface area contributed by atoms with Gasteiger partial charge in [0.25, 0.3) is 0 Å². The summed E-state index contributed by atoms with van der Waals surface area (Å²) in [4.78, 5) is 4.28. The van der Waals surface area contributed by atoms with Crippen LogP contribution < -0.4 is 10.1 Å². The summed E-state index contributed by atoms with van der Waals surface area (Å²) in [7, 11) is 0. The lowest BCUT2D eigenvalue weighted by Crippen LogP contribution is -2.26. The van der Waals surface area contributed by atoms with Gasteiger partial charge in [-0.2, -0.15) is 0 Å². The normalized spacial score (nSPS) is 15.3. The third-order valence-electron chi connectivity index (χ3n) is 3.62. The maximum absolute atomic E-state index is 13.7. The Morgan fingerprint density at radius 2 is 1.86 bits per heavy atom. The van der Waals surface area contributed by atoms with E-state index in [1.807, 2.05) is 12.1 Å². The zero-order chi connectivity index (χ0) is 13.8. The zero-order valence-corrected chi connectivity index (χ0v) is 12.4. The van der Waals surface area contributed by atoms with E-state index >= 15 is 0 Å². The second kappa shape index (κ2) is 7.38. The van der Waals surface area contributed by atoms with Gasteiger partial charge in [0.2, 0.25) is 5.88 Å². The maximum atomic E-state index is 13.7. The molecule has 3 rings (SSSR count). The molecule has 0 unspecified atom stereocenters. The van der Waals surface area contributed by atoms with E-state index in [9.17, 15) is 4.39 Å². The molecule has 1 aromatic heterocycles. The quantitative estimate of drug-likeness (QED) is 0.933. The smallest absolute Gasteiger partial charge is 0.222 e. The number of pyridine rings is 1. The summed E-state index contributed by atoms with van der Waals surface area (Å²) in [6, 6.07) is 10.4. The van der Waals surface area contributed by atoms with Crippen molar-refractivity contribution in [3.8, 4) is 11.6 Å². The van der Waals surface area contributed by atoms with Crippen LogP contribution in [0.4, 0.5) is 4.39 Å². The van der Waals surface area contributed by atoms with Crippen LogP contribution in [-0.2, 0) is 0 Å². The third-order valence-corrected chi connectivity index (χ3v) is 3.62. The average molecular weight is 309 g/mol. The fourth-order valence-electron chi connectivity index (χ4n) is 2.56. The van der Waals surface area contributed by atoms with E-state index < -0.39 is 0 Å². The third kappa shape index (κ3) is 3.71. The Labute approximate surface area is 130 Å². The van der Waals surface area contributed by atoms with Crippen LogP contribution in [0.25, 0.3) is 0 Å². The van der Waals surface area contributed by atoms with Crippen molar-refractivity contribution in [2.45, 2.75) is 18.8 Å². The number of hydrogen-bond acceptors (Lipinski definition) is 3. The summed E-state index contributed by atoms with van der Waals surface area (Å²) < 4.78 is 19.4. The second-order valence-corrected chi connectivity index (χ2v) is 4.95. The number of nitrogens with zero attached hydrogens (tertiary/aromatic N) is 1. The van der Waals surface area contributed by atoms with Crippen molar-refractivity contribution in [1.29, 1.82) is 0 Å². The highest BCUT2D eigenvalue weighted by Gasteiger charge is 2.20. The monoisotopic (exact) mass is 308 g/mol. The molecule has 112 valence electrons. The number of piperidine rings is 1. The lowest BCUT2D eigenvalue weighted by atomic mass is 9.91. The molecule has 2 aromatic rings. The highest BCUT2D eigenvalue weighted by atomic mass is 35.5. The van der Waals surface area contributed by atoms with Crippen LogP contribution >= 0.6 is 12.4 Å². The molecule has 0 amide bonds. The standard InChI is InChI=1S/C16H17FN2O.ClH/c17-14-5-1-2-6-15(14)20-16-13(4-3-9-19-16)12-7-10-18-11-8-12;/h1-6,9,12,18H,7-8,10-11H2;1H. The number of benzene rings is 1. The van der Waals surface area contributed by atoms with Gasteiger partial charge in [-0.1, -0.05) is 18.2 Å². The number of hydrogen-bond donors (Lipinski definition) is 1. The van der Waals surface area contributed by atoms with E-state index in [1.165, 1.54) is 6.07 Å². The topological polar surface area (TPSA) is 34.1 Å². The number of halogens is 2. The molecule has 1 aromatic carbocycles. The number of aromatic nitrogens is 1. The van der Waals surface area contributed by atoms with Gasteiger partial charge in [-0.15, -0.1) is 12.4 Å². The fourth-order valence-corrected chi connectivity index (χ4v) is 2.56. The maximum Gasteiger partial charge on any atom is 0.222 e. The minimum absolute atomic E-state index is 0. The van der Waals surface area contributed by atoms with Crippen molar-refractivity contribution in [2.24, 2.45) is 0 Å². The van der Waals surface area contributed by atoms with Gasteiger partial charge in [-0.05, 0) is 50.0 Å². The number of rotatable bonds is 3. The van der Waals surface area contributed by atoms with Crippen LogP contribution in [0.15, 0.2) is 42.6 Å². The molecule has 0 bridgehead atoms. The molecule has 1 aliphatic rings. The Kier molecular flexibility index (Phi) is 5.53. The Morgan fingerprint density at radius 3 is 2.62 bits per heavy atom. The van der Waals surface area contributed by atoms with Gasteiger partial charge in [0.05, 0.1) is 0 Å². The van der Waals surface area contributed by atoms with Crippen molar-refractivity contribution in [1.82, 2.24) is 10.3 Å². The lowest BCUT2D eigenvalue weighted by Gasteiger charge is -2.24. The summed E-state index contributed by atoms with van der Waals surface area (Å²) in [5.41, 5.74) is 1.07. The van der Waals surface area contributed by atoms with Crippen molar-refractivity contribution < 1.29 is 9.13 Å². The number of nitrogens with one attached hydrogen (secondary N) is 1. The van der Waals surface area contributed by atoms with E-state index in [2.05, 4.69) is 10.3 Å². The van der Waals surface area contributed by atoms with Gasteiger partial charge in [0.15, 0.2) is 11.6 Å². The minimum Gasteiger partial charge on any atom is -0.436 e. The van der Waals surface area contributed by atoms with Crippen LogP contribution in [-0.4, -0.2) is 18.1 Å². The van der Waals surface area contributed by atoms with Crippen LogP contribution in [0.5, 0.6) is 11.6 Å². The van der Waals surface area contributed by atoms with Gasteiger partial charge in [0, 0.05) is 11.8 Å². The molecule has 5 heteroatoms.